The highest BCUT2D eigenvalue weighted by atomic mass is 79.9. The van der Waals surface area contributed by atoms with Crippen molar-refractivity contribution in [1.29, 1.82) is 0 Å². The standard InChI is InChI=1S/C20H18BrN3O6/c21-13-5-1-2-6-14(13)23-17(25)11-22-18(26)12-29-19(27)9-10-24-15-7-3-4-8-16(15)30-20(24)28/h1-8H,9-12H2,(H,22,26)(H,23,25). The van der Waals surface area contributed by atoms with E-state index in [4.69, 9.17) is 9.15 Å². The lowest BCUT2D eigenvalue weighted by molar-refractivity contribution is -0.148. The zero-order valence-electron chi connectivity index (χ0n) is 15.7. The van der Waals surface area contributed by atoms with Crippen LogP contribution in [-0.4, -0.2) is 35.5 Å². The van der Waals surface area contributed by atoms with Gasteiger partial charge >= 0.3 is 11.7 Å². The number of hydrogen-bond acceptors (Lipinski definition) is 6. The predicted molar refractivity (Wildman–Crippen MR) is 112 cm³/mol. The van der Waals surface area contributed by atoms with Crippen molar-refractivity contribution in [2.45, 2.75) is 13.0 Å². The van der Waals surface area contributed by atoms with Crippen LogP contribution in [0.4, 0.5) is 5.69 Å². The molecule has 2 aromatic carbocycles. The number of nitrogens with one attached hydrogen (secondary N) is 2. The summed E-state index contributed by atoms with van der Waals surface area (Å²) in [4.78, 5) is 47.4. The fraction of sp³-hybridized carbons (Fsp3) is 0.200. The monoisotopic (exact) mass is 475 g/mol. The van der Waals surface area contributed by atoms with Gasteiger partial charge in [-0.1, -0.05) is 24.3 Å². The Morgan fingerprint density at radius 1 is 1.03 bits per heavy atom. The summed E-state index contributed by atoms with van der Waals surface area (Å²) in [5.74, 6) is -2.26. The van der Waals surface area contributed by atoms with Gasteiger partial charge in [-0.25, -0.2) is 4.79 Å². The normalized spacial score (nSPS) is 10.6. The molecule has 0 aliphatic carbocycles. The molecule has 0 aliphatic rings. The molecule has 0 bridgehead atoms. The number of anilines is 1. The molecule has 3 aromatic rings. The highest BCUT2D eigenvalue weighted by Gasteiger charge is 2.13. The highest BCUT2D eigenvalue weighted by molar-refractivity contribution is 9.10. The van der Waals surface area contributed by atoms with Gasteiger partial charge < -0.3 is 19.8 Å². The van der Waals surface area contributed by atoms with E-state index < -0.39 is 30.1 Å². The fourth-order valence-corrected chi connectivity index (χ4v) is 3.02. The zero-order valence-corrected chi connectivity index (χ0v) is 17.3. The van der Waals surface area contributed by atoms with E-state index in [1.165, 1.54) is 4.57 Å². The first-order valence-electron chi connectivity index (χ1n) is 8.99. The van der Waals surface area contributed by atoms with Crippen molar-refractivity contribution in [2.24, 2.45) is 0 Å². The minimum atomic E-state index is -0.653. The van der Waals surface area contributed by atoms with Crippen molar-refractivity contribution < 1.29 is 23.5 Å². The summed E-state index contributed by atoms with van der Waals surface area (Å²) in [6, 6.07) is 13.9. The van der Waals surface area contributed by atoms with E-state index in [0.717, 1.165) is 0 Å². The number of hydrogen-bond donors (Lipinski definition) is 2. The van der Waals surface area contributed by atoms with E-state index in [2.05, 4.69) is 26.6 Å². The van der Waals surface area contributed by atoms with Crippen LogP contribution in [-0.2, 0) is 25.7 Å². The summed E-state index contributed by atoms with van der Waals surface area (Å²) in [5.41, 5.74) is 1.57. The topological polar surface area (TPSA) is 120 Å². The Hall–Kier alpha value is -3.40. The molecule has 2 N–H and O–H groups in total. The predicted octanol–water partition coefficient (Wildman–Crippen LogP) is 2.05. The molecule has 0 spiro atoms. The SMILES string of the molecule is O=C(COC(=O)CCn1c(=O)oc2ccccc21)NCC(=O)Nc1ccccc1Br. The van der Waals surface area contributed by atoms with Gasteiger partial charge in [0.15, 0.2) is 12.2 Å². The van der Waals surface area contributed by atoms with Crippen LogP contribution in [0.5, 0.6) is 0 Å². The number of oxazole rings is 1. The molecule has 10 heteroatoms. The third-order valence-electron chi connectivity index (χ3n) is 4.07. The first kappa shape index (κ1) is 21.3. The van der Waals surface area contributed by atoms with Crippen LogP contribution in [0.15, 0.2) is 62.2 Å². The van der Waals surface area contributed by atoms with Gasteiger partial charge in [-0.15, -0.1) is 0 Å². The maximum absolute atomic E-state index is 11.9. The van der Waals surface area contributed by atoms with Crippen molar-refractivity contribution >= 4 is 50.5 Å². The maximum Gasteiger partial charge on any atom is 0.419 e. The lowest BCUT2D eigenvalue weighted by Gasteiger charge is -2.09. The Labute approximate surface area is 179 Å². The summed E-state index contributed by atoms with van der Waals surface area (Å²) in [7, 11) is 0. The lowest BCUT2D eigenvalue weighted by atomic mass is 10.3. The number of ether oxygens (including phenoxy) is 1. The molecule has 3 rings (SSSR count). The van der Waals surface area contributed by atoms with Gasteiger partial charge in [-0.05, 0) is 40.2 Å². The summed E-state index contributed by atoms with van der Waals surface area (Å²) in [6.45, 7) is -0.735. The van der Waals surface area contributed by atoms with E-state index in [1.54, 1.807) is 48.5 Å². The van der Waals surface area contributed by atoms with Crippen LogP contribution in [0.25, 0.3) is 11.1 Å². The number of rotatable bonds is 8. The number of para-hydroxylation sites is 3. The number of halogens is 1. The number of aromatic nitrogens is 1. The maximum atomic E-state index is 11.9. The summed E-state index contributed by atoms with van der Waals surface area (Å²) in [6.07, 6.45) is -0.112. The molecule has 9 nitrogen and oxygen atoms in total. The number of amides is 2. The molecule has 1 aromatic heterocycles. The molecular formula is C20H18BrN3O6. The number of fused-ring (bicyclic) bond motifs is 1. The second kappa shape index (κ2) is 9.88. The molecule has 1 heterocycles. The van der Waals surface area contributed by atoms with E-state index in [-0.39, 0.29) is 19.5 Å². The van der Waals surface area contributed by atoms with Crippen molar-refractivity contribution in [2.75, 3.05) is 18.5 Å². The molecule has 0 aliphatic heterocycles. The van der Waals surface area contributed by atoms with Gasteiger partial charge in [-0.3, -0.25) is 19.0 Å². The molecule has 30 heavy (non-hydrogen) atoms. The summed E-state index contributed by atoms with van der Waals surface area (Å²) in [5, 5.41) is 5.00. The molecule has 0 unspecified atom stereocenters. The third kappa shape index (κ3) is 5.57. The molecule has 0 saturated carbocycles. The largest absolute Gasteiger partial charge is 0.456 e. The lowest BCUT2D eigenvalue weighted by Crippen LogP contribution is -2.35. The second-order valence-electron chi connectivity index (χ2n) is 6.20. The van der Waals surface area contributed by atoms with Gasteiger partial charge in [-0.2, -0.15) is 0 Å². The van der Waals surface area contributed by atoms with Crippen molar-refractivity contribution in [3.8, 4) is 0 Å². The van der Waals surface area contributed by atoms with Gasteiger partial charge in [0.05, 0.1) is 24.2 Å². The molecular weight excluding hydrogens is 458 g/mol. The highest BCUT2D eigenvalue weighted by Crippen LogP contribution is 2.20. The zero-order chi connectivity index (χ0) is 21.5. The molecule has 156 valence electrons. The van der Waals surface area contributed by atoms with Gasteiger partial charge in [0.25, 0.3) is 5.91 Å². The molecule has 0 saturated heterocycles. The fourth-order valence-electron chi connectivity index (χ4n) is 2.63. The van der Waals surface area contributed by atoms with Crippen molar-refractivity contribution in [3.05, 3.63) is 63.6 Å². The number of nitrogens with zero attached hydrogens (tertiary/aromatic N) is 1. The smallest absolute Gasteiger partial charge is 0.419 e. The first-order chi connectivity index (χ1) is 14.4. The van der Waals surface area contributed by atoms with Crippen LogP contribution in [0.1, 0.15) is 6.42 Å². The van der Waals surface area contributed by atoms with Crippen LogP contribution >= 0.6 is 15.9 Å². The van der Waals surface area contributed by atoms with Gasteiger partial charge in [0.1, 0.15) is 0 Å². The minimum absolute atomic E-state index is 0.0602. The van der Waals surface area contributed by atoms with E-state index >= 15 is 0 Å². The van der Waals surface area contributed by atoms with Crippen LogP contribution < -0.4 is 16.4 Å². The van der Waals surface area contributed by atoms with Crippen LogP contribution in [0.3, 0.4) is 0 Å². The quantitative estimate of drug-likeness (QED) is 0.481. The first-order valence-corrected chi connectivity index (χ1v) is 9.78. The van der Waals surface area contributed by atoms with E-state index in [1.807, 2.05) is 0 Å². The Bertz CT molecular complexity index is 1140. The number of aryl methyl sites for hydroxylation is 1. The molecule has 2 amide bonds. The van der Waals surface area contributed by atoms with E-state index in [0.29, 0.717) is 21.3 Å². The van der Waals surface area contributed by atoms with Gasteiger partial charge in [0, 0.05) is 11.0 Å². The van der Waals surface area contributed by atoms with Crippen LogP contribution in [0.2, 0.25) is 0 Å². The average Bonchev–Trinajstić information content (AvgIpc) is 3.05. The molecule has 0 radical (unpaired) electrons. The minimum Gasteiger partial charge on any atom is -0.456 e. The Morgan fingerprint density at radius 3 is 2.57 bits per heavy atom. The number of carbonyl (C=O) groups is 3. The van der Waals surface area contributed by atoms with E-state index in [9.17, 15) is 19.2 Å². The Balaban J connectivity index is 1.39. The molecule has 0 atom stereocenters. The second-order valence-corrected chi connectivity index (χ2v) is 7.06. The number of esters is 1. The van der Waals surface area contributed by atoms with Crippen LogP contribution in [0, 0.1) is 0 Å². The number of benzene rings is 2. The van der Waals surface area contributed by atoms with Crippen molar-refractivity contribution in [1.82, 2.24) is 9.88 Å². The average molecular weight is 476 g/mol. The molecule has 0 fully saturated rings. The summed E-state index contributed by atoms with van der Waals surface area (Å²) < 4.78 is 12.0. The van der Waals surface area contributed by atoms with Crippen molar-refractivity contribution in [3.63, 3.8) is 0 Å². The van der Waals surface area contributed by atoms with Gasteiger partial charge in [0.2, 0.25) is 5.91 Å². The Kier molecular flexibility index (Phi) is 7.02. The third-order valence-corrected chi connectivity index (χ3v) is 4.76. The Morgan fingerprint density at radius 2 is 1.77 bits per heavy atom. The summed E-state index contributed by atoms with van der Waals surface area (Å²) >= 11 is 3.31. The number of carbonyl (C=O) groups excluding carboxylic acids is 3.